The highest BCUT2D eigenvalue weighted by molar-refractivity contribution is 7.09. The molecule has 0 N–H and O–H groups in total. The normalized spacial score (nSPS) is 25.1. The minimum Gasteiger partial charge on any atom is -0.444 e. The predicted molar refractivity (Wildman–Crippen MR) is 157 cm³/mol. The zero-order valence-corrected chi connectivity index (χ0v) is 25.8. The van der Waals surface area contributed by atoms with E-state index < -0.39 is 23.0 Å². The van der Waals surface area contributed by atoms with Gasteiger partial charge in [0.1, 0.15) is 23.1 Å². The Morgan fingerprint density at radius 2 is 1.81 bits per heavy atom. The van der Waals surface area contributed by atoms with Crippen molar-refractivity contribution >= 4 is 28.9 Å². The number of amides is 1. The lowest BCUT2D eigenvalue weighted by Gasteiger charge is -2.51. The Morgan fingerprint density at radius 1 is 1.09 bits per heavy atom. The Kier molecular flexibility index (Phi) is 7.74. The van der Waals surface area contributed by atoms with Crippen molar-refractivity contribution in [2.45, 2.75) is 76.7 Å². The molecule has 1 saturated carbocycles. The van der Waals surface area contributed by atoms with Crippen molar-refractivity contribution in [3.8, 4) is 6.07 Å². The van der Waals surface area contributed by atoms with E-state index in [0.29, 0.717) is 69.2 Å². The van der Waals surface area contributed by atoms with Crippen LogP contribution in [0.15, 0.2) is 11.6 Å². The molecular formula is C30H38F3N7O2S. The van der Waals surface area contributed by atoms with Gasteiger partial charge in [0.25, 0.3) is 0 Å². The number of halogens is 3. The molecule has 5 aliphatic rings. The van der Waals surface area contributed by atoms with Gasteiger partial charge in [-0.05, 0) is 52.9 Å². The third-order valence-corrected chi connectivity index (χ3v) is 10.4. The molecule has 9 nitrogen and oxygen atoms in total. The van der Waals surface area contributed by atoms with Crippen LogP contribution in [0.5, 0.6) is 0 Å². The molecule has 4 aliphatic heterocycles. The Balaban J connectivity index is 1.18. The van der Waals surface area contributed by atoms with Crippen LogP contribution in [0.25, 0.3) is 0 Å². The highest BCUT2D eigenvalue weighted by Crippen LogP contribution is 2.49. The van der Waals surface area contributed by atoms with Gasteiger partial charge in [0.2, 0.25) is 0 Å². The molecule has 2 aromatic rings. The first kappa shape index (κ1) is 29.9. The molecule has 6 heterocycles. The molecule has 0 spiro atoms. The molecular weight excluding hydrogens is 579 g/mol. The summed E-state index contributed by atoms with van der Waals surface area (Å²) in [5.74, 6) is 1.01. The molecule has 5 fully saturated rings. The minimum atomic E-state index is -4.74. The van der Waals surface area contributed by atoms with E-state index in [2.05, 4.69) is 14.9 Å². The number of anilines is 2. The number of nitrogens with zero attached hydrogens (tertiary/aromatic N) is 7. The van der Waals surface area contributed by atoms with Crippen LogP contribution in [0.3, 0.4) is 0 Å². The molecule has 43 heavy (non-hydrogen) atoms. The molecule has 2 bridgehead atoms. The minimum absolute atomic E-state index is 0.0938. The van der Waals surface area contributed by atoms with Crippen molar-refractivity contribution in [3.05, 3.63) is 33.4 Å². The lowest BCUT2D eigenvalue weighted by molar-refractivity contribution is -0.141. The van der Waals surface area contributed by atoms with Gasteiger partial charge in [-0.15, -0.1) is 11.3 Å². The number of nitriles is 1. The lowest BCUT2D eigenvalue weighted by atomic mass is 9.71. The summed E-state index contributed by atoms with van der Waals surface area (Å²) in [6.07, 6.45) is -2.25. The third kappa shape index (κ3) is 5.88. The van der Waals surface area contributed by atoms with Crippen molar-refractivity contribution < 1.29 is 22.7 Å². The van der Waals surface area contributed by atoms with E-state index in [4.69, 9.17) is 4.74 Å². The Labute approximate surface area is 254 Å². The van der Waals surface area contributed by atoms with Gasteiger partial charge in [0.15, 0.2) is 5.69 Å². The fraction of sp³-hybridized carbons (Fsp3) is 0.667. The van der Waals surface area contributed by atoms with Crippen LogP contribution in [0.1, 0.15) is 67.8 Å². The maximum atomic E-state index is 14.3. The summed E-state index contributed by atoms with van der Waals surface area (Å²) >= 11 is 1.67. The van der Waals surface area contributed by atoms with Gasteiger partial charge in [-0.3, -0.25) is 4.90 Å². The van der Waals surface area contributed by atoms with E-state index in [1.165, 1.54) is 4.88 Å². The van der Waals surface area contributed by atoms with Crippen LogP contribution in [0, 0.1) is 24.2 Å². The third-order valence-electron chi connectivity index (χ3n) is 9.30. The van der Waals surface area contributed by atoms with Crippen LogP contribution in [0.4, 0.5) is 29.5 Å². The summed E-state index contributed by atoms with van der Waals surface area (Å²) in [7, 11) is 0. The number of thiazole rings is 1. The van der Waals surface area contributed by atoms with E-state index in [9.17, 15) is 23.2 Å². The number of fused-ring (bicyclic) bond motifs is 3. The van der Waals surface area contributed by atoms with Crippen molar-refractivity contribution in [2.24, 2.45) is 5.92 Å². The van der Waals surface area contributed by atoms with Crippen molar-refractivity contribution in [3.63, 3.8) is 0 Å². The maximum absolute atomic E-state index is 14.3. The van der Waals surface area contributed by atoms with Gasteiger partial charge in [0, 0.05) is 74.8 Å². The number of pyridine rings is 1. The molecule has 1 amide bonds. The summed E-state index contributed by atoms with van der Waals surface area (Å²) in [6, 6.07) is 3.76. The van der Waals surface area contributed by atoms with Crippen LogP contribution >= 0.6 is 11.3 Å². The number of ether oxygens (including phenoxy) is 1. The van der Waals surface area contributed by atoms with Gasteiger partial charge in [0.05, 0.1) is 16.9 Å². The van der Waals surface area contributed by atoms with Gasteiger partial charge in [-0.2, -0.15) is 18.4 Å². The molecule has 0 aromatic carbocycles. The highest BCUT2D eigenvalue weighted by atomic mass is 32.1. The average Bonchev–Trinajstić information content (AvgIpc) is 3.36. The molecule has 0 radical (unpaired) electrons. The van der Waals surface area contributed by atoms with E-state index in [1.54, 1.807) is 22.3 Å². The van der Waals surface area contributed by atoms with Crippen molar-refractivity contribution in [1.82, 2.24) is 19.8 Å². The monoisotopic (exact) mass is 617 g/mol. The first-order valence-corrected chi connectivity index (χ1v) is 15.9. The first-order valence-electron chi connectivity index (χ1n) is 15.0. The number of aromatic nitrogens is 2. The van der Waals surface area contributed by atoms with E-state index in [0.717, 1.165) is 25.0 Å². The molecule has 7 rings (SSSR count). The van der Waals surface area contributed by atoms with Crippen LogP contribution < -0.4 is 9.80 Å². The SMILES string of the molecule is Cc1ncsc1[C@H]1CC2CCC1CN2c1cc(N2CC(N3CCN(C(=O)OC(C)(C)C)CC3)C2)c(C#N)c(C(F)(F)F)n1. The van der Waals surface area contributed by atoms with Gasteiger partial charge in [-0.1, -0.05) is 0 Å². The number of carbonyl (C=O) groups excluding carboxylic acids is 1. The standard InChI is InChI=1S/C30H38F3N7O2S/c1-18-26(43-17-35-18)22-11-20-6-5-19(22)14-40(20)25-12-24(23(13-34)27(36-25)30(31,32)33)39-15-21(16-39)37-7-9-38(10-8-37)28(41)42-29(2,3)4/h12,17,19-22H,5-11,14-16H2,1-4H3/t19?,20?,22-/m0/s1. The molecule has 232 valence electrons. The second kappa shape index (κ2) is 11.1. The topological polar surface area (TPSA) is 88.8 Å². The van der Waals surface area contributed by atoms with Gasteiger partial charge in [-0.25, -0.2) is 14.8 Å². The maximum Gasteiger partial charge on any atom is 0.434 e. The smallest absolute Gasteiger partial charge is 0.434 e. The quantitative estimate of drug-likeness (QED) is 0.460. The largest absolute Gasteiger partial charge is 0.444 e. The Morgan fingerprint density at radius 3 is 2.37 bits per heavy atom. The average molecular weight is 618 g/mol. The summed E-state index contributed by atoms with van der Waals surface area (Å²) in [5.41, 5.74) is 1.15. The number of hydrogen-bond acceptors (Lipinski definition) is 9. The molecule has 2 unspecified atom stereocenters. The van der Waals surface area contributed by atoms with Crippen LogP contribution in [0.2, 0.25) is 0 Å². The number of piperazine rings is 1. The fourth-order valence-corrected chi connectivity index (χ4v) is 8.10. The Hall–Kier alpha value is -3.11. The molecule has 13 heteroatoms. The van der Waals surface area contributed by atoms with Gasteiger partial charge >= 0.3 is 12.3 Å². The summed E-state index contributed by atoms with van der Waals surface area (Å²) in [4.78, 5) is 30.1. The zero-order chi connectivity index (χ0) is 30.7. The second-order valence-electron chi connectivity index (χ2n) is 13.2. The molecule has 4 saturated heterocycles. The summed E-state index contributed by atoms with van der Waals surface area (Å²) in [6.45, 7) is 11.6. The number of hydrogen-bond donors (Lipinski definition) is 0. The zero-order valence-electron chi connectivity index (χ0n) is 25.0. The second-order valence-corrected chi connectivity index (χ2v) is 14.1. The van der Waals surface area contributed by atoms with Crippen molar-refractivity contribution in [1.29, 1.82) is 5.26 Å². The molecule has 1 aliphatic carbocycles. The fourth-order valence-electron chi connectivity index (χ4n) is 7.09. The van der Waals surface area contributed by atoms with Gasteiger partial charge < -0.3 is 19.4 Å². The number of carbonyl (C=O) groups is 1. The van der Waals surface area contributed by atoms with Crippen molar-refractivity contribution in [2.75, 3.05) is 55.6 Å². The van der Waals surface area contributed by atoms with Crippen LogP contribution in [-0.2, 0) is 10.9 Å². The molecule has 3 atom stereocenters. The van der Waals surface area contributed by atoms with E-state index >= 15 is 0 Å². The Bertz CT molecular complexity index is 1400. The number of rotatable bonds is 4. The first-order chi connectivity index (χ1) is 20.3. The van der Waals surface area contributed by atoms with E-state index in [1.807, 2.05) is 49.1 Å². The molecule has 2 aromatic heterocycles. The number of alkyl halides is 3. The van der Waals surface area contributed by atoms with Crippen LogP contribution in [-0.4, -0.2) is 89.4 Å². The number of piperidine rings is 2. The summed E-state index contributed by atoms with van der Waals surface area (Å²) in [5, 5.41) is 9.89. The lowest BCUT2D eigenvalue weighted by Crippen LogP contribution is -2.64. The predicted octanol–water partition coefficient (Wildman–Crippen LogP) is 5.25. The van der Waals surface area contributed by atoms with E-state index in [-0.39, 0.29) is 18.2 Å². The number of aryl methyl sites for hydroxylation is 1. The summed E-state index contributed by atoms with van der Waals surface area (Å²) < 4.78 is 48.4. The highest BCUT2D eigenvalue weighted by Gasteiger charge is 2.45.